The van der Waals surface area contributed by atoms with Crippen molar-refractivity contribution in [3.8, 4) is 0 Å². The molecule has 0 radical (unpaired) electrons. The number of esters is 2. The van der Waals surface area contributed by atoms with Crippen LogP contribution in [0.2, 0.25) is 0 Å². The average Bonchev–Trinajstić information content (AvgIpc) is 3.33. The second-order valence-electron chi connectivity index (χ2n) is 7.98. The van der Waals surface area contributed by atoms with Crippen LogP contribution in [0.1, 0.15) is 47.2 Å². The van der Waals surface area contributed by atoms with Crippen molar-refractivity contribution in [1.29, 1.82) is 0 Å². The first kappa shape index (κ1) is 24.5. The Balaban J connectivity index is 1.76. The summed E-state index contributed by atoms with van der Waals surface area (Å²) in [5.74, 6) is -2.50. The first-order valence-electron chi connectivity index (χ1n) is 10.5. The first-order chi connectivity index (χ1) is 16.6. The van der Waals surface area contributed by atoms with Crippen molar-refractivity contribution in [3.05, 3.63) is 66.9 Å². The molecule has 1 N–H and O–H groups in total. The molecule has 13 heteroatoms. The van der Waals surface area contributed by atoms with Crippen LogP contribution in [0.4, 0.5) is 0 Å². The van der Waals surface area contributed by atoms with Crippen molar-refractivity contribution < 1.29 is 33.4 Å². The van der Waals surface area contributed by atoms with Crippen LogP contribution in [0, 0.1) is 0 Å². The number of carbonyl (C=O) groups is 4. The Hall–Kier alpha value is -3.58. The monoisotopic (exact) mass is 549 g/mol. The highest BCUT2D eigenvalue weighted by Gasteiger charge is 2.51. The normalized spacial score (nSPS) is 22.1. The molecule has 2 aliphatic rings. The van der Waals surface area contributed by atoms with Crippen LogP contribution in [0.3, 0.4) is 0 Å². The van der Waals surface area contributed by atoms with E-state index in [1.54, 1.807) is 12.1 Å². The van der Waals surface area contributed by atoms with E-state index in [1.807, 2.05) is 0 Å². The molecule has 2 aromatic rings. The molecule has 4 atom stereocenters. The predicted molar refractivity (Wildman–Crippen MR) is 120 cm³/mol. The zero-order valence-electron chi connectivity index (χ0n) is 18.6. The van der Waals surface area contributed by atoms with Crippen molar-refractivity contribution >= 4 is 39.7 Å². The summed E-state index contributed by atoms with van der Waals surface area (Å²) in [5, 5.41) is 0. The van der Waals surface area contributed by atoms with Crippen LogP contribution >= 0.6 is 15.9 Å². The fraction of sp³-hybridized carbons (Fsp3) is 0.364. The second-order valence-corrected chi connectivity index (χ2v) is 8.83. The van der Waals surface area contributed by atoms with E-state index in [1.165, 1.54) is 25.3 Å². The van der Waals surface area contributed by atoms with Gasteiger partial charge >= 0.3 is 17.6 Å². The number of benzene rings is 1. The van der Waals surface area contributed by atoms with E-state index in [9.17, 15) is 28.8 Å². The Kier molecular flexibility index (Phi) is 6.72. The number of carbonyl (C=O) groups excluding carboxylic acids is 4. The van der Waals surface area contributed by atoms with Crippen molar-refractivity contribution in [2.45, 2.75) is 44.7 Å². The van der Waals surface area contributed by atoms with Gasteiger partial charge in [-0.05, 0) is 28.1 Å². The summed E-state index contributed by atoms with van der Waals surface area (Å²) in [4.78, 5) is 77.0. The third-order valence-corrected chi connectivity index (χ3v) is 6.23. The standard InChI is InChI=1S/C22H20BrN3O9/c1-10(27)33-9-16(34-11(2)28)18-15(26-20(30)12-5-3-4-6-13(12)21(26)31)7-17(35-18)25-8-14(23)19(29)24-22(25)32/h3-6,8,15-18H,7,9H2,1-2H3,(H,24,29,32)/t15-,16+,17-,18-/m0/s1. The van der Waals surface area contributed by atoms with Gasteiger partial charge in [-0.25, -0.2) is 4.79 Å². The van der Waals surface area contributed by atoms with Gasteiger partial charge in [0.1, 0.15) is 18.9 Å². The van der Waals surface area contributed by atoms with Crippen molar-refractivity contribution in [1.82, 2.24) is 14.5 Å². The smallest absolute Gasteiger partial charge is 0.330 e. The Morgan fingerprint density at radius 1 is 1.11 bits per heavy atom. The van der Waals surface area contributed by atoms with Crippen LogP contribution < -0.4 is 11.2 Å². The first-order valence-corrected chi connectivity index (χ1v) is 11.3. The minimum atomic E-state index is -1.20. The van der Waals surface area contributed by atoms with Crippen LogP contribution in [0.25, 0.3) is 0 Å². The molecule has 1 aromatic heterocycles. The zero-order chi connectivity index (χ0) is 25.4. The molecule has 2 amide bonds. The SMILES string of the molecule is CC(=O)OC[C@@H](OC(C)=O)[C@H]1O[C@H](n2cc(Br)c(=O)[nH]c2=O)C[C@@H]1N1C(=O)c2ccccc2C1=O. The molecule has 184 valence electrons. The molecule has 1 fully saturated rings. The van der Waals surface area contributed by atoms with E-state index >= 15 is 0 Å². The van der Waals surface area contributed by atoms with Crippen LogP contribution in [-0.2, 0) is 23.8 Å². The second kappa shape index (κ2) is 9.58. The van der Waals surface area contributed by atoms with Crippen molar-refractivity contribution in [2.24, 2.45) is 0 Å². The molecule has 0 saturated carbocycles. The molecule has 1 saturated heterocycles. The van der Waals surface area contributed by atoms with Gasteiger partial charge in [-0.2, -0.15) is 0 Å². The molecule has 0 unspecified atom stereocenters. The summed E-state index contributed by atoms with van der Waals surface area (Å²) in [6, 6.07) is 5.29. The summed E-state index contributed by atoms with van der Waals surface area (Å²) in [5.41, 5.74) is -1.03. The van der Waals surface area contributed by atoms with E-state index in [0.29, 0.717) is 0 Å². The molecular formula is C22H20BrN3O9. The molecule has 2 aliphatic heterocycles. The number of H-pyrrole nitrogens is 1. The number of amides is 2. The van der Waals surface area contributed by atoms with Crippen LogP contribution in [0.5, 0.6) is 0 Å². The molecule has 1 aromatic carbocycles. The number of fused-ring (bicyclic) bond motifs is 1. The third kappa shape index (κ3) is 4.68. The van der Waals surface area contributed by atoms with Gasteiger partial charge in [-0.1, -0.05) is 12.1 Å². The van der Waals surface area contributed by atoms with Crippen molar-refractivity contribution in [3.63, 3.8) is 0 Å². The largest absolute Gasteiger partial charge is 0.462 e. The number of aromatic nitrogens is 2. The molecular weight excluding hydrogens is 530 g/mol. The highest BCUT2D eigenvalue weighted by Crippen LogP contribution is 2.38. The highest BCUT2D eigenvalue weighted by molar-refractivity contribution is 9.10. The number of hydrogen-bond donors (Lipinski definition) is 1. The molecule has 35 heavy (non-hydrogen) atoms. The predicted octanol–water partition coefficient (Wildman–Crippen LogP) is 0.746. The van der Waals surface area contributed by atoms with Gasteiger partial charge in [0.05, 0.1) is 21.6 Å². The molecule has 0 spiro atoms. The lowest BCUT2D eigenvalue weighted by Gasteiger charge is -2.31. The minimum Gasteiger partial charge on any atom is -0.462 e. The molecule has 0 aliphatic carbocycles. The number of hydrogen-bond acceptors (Lipinski definition) is 9. The average molecular weight is 550 g/mol. The van der Waals surface area contributed by atoms with Crippen molar-refractivity contribution in [2.75, 3.05) is 6.61 Å². The number of imide groups is 1. The van der Waals surface area contributed by atoms with Gasteiger partial charge in [-0.3, -0.25) is 38.4 Å². The van der Waals surface area contributed by atoms with Gasteiger partial charge < -0.3 is 14.2 Å². The van der Waals surface area contributed by atoms with Gasteiger partial charge in [0.15, 0.2) is 6.10 Å². The number of nitrogens with zero attached hydrogens (tertiary/aromatic N) is 2. The number of halogens is 1. The van der Waals surface area contributed by atoms with E-state index < -0.39 is 66.1 Å². The quantitative estimate of drug-likeness (QED) is 0.405. The minimum absolute atomic E-state index is 0.0536. The fourth-order valence-corrected chi connectivity index (χ4v) is 4.55. The Morgan fingerprint density at radius 3 is 2.31 bits per heavy atom. The van der Waals surface area contributed by atoms with Gasteiger partial charge in [0.2, 0.25) is 0 Å². The van der Waals surface area contributed by atoms with Gasteiger partial charge in [0.25, 0.3) is 17.4 Å². The molecule has 4 rings (SSSR count). The number of rotatable bonds is 6. The third-order valence-electron chi connectivity index (χ3n) is 5.66. The maximum atomic E-state index is 13.2. The topological polar surface area (TPSA) is 154 Å². The Labute approximate surface area is 205 Å². The fourth-order valence-electron chi connectivity index (χ4n) is 4.23. The van der Waals surface area contributed by atoms with Crippen LogP contribution in [0.15, 0.2) is 44.5 Å². The Morgan fingerprint density at radius 2 is 1.74 bits per heavy atom. The Bertz CT molecular complexity index is 1300. The van der Waals surface area contributed by atoms with E-state index in [2.05, 4.69) is 20.9 Å². The molecule has 3 heterocycles. The van der Waals surface area contributed by atoms with E-state index in [-0.39, 0.29) is 22.0 Å². The summed E-state index contributed by atoms with van der Waals surface area (Å²) >= 11 is 3.06. The molecule has 0 bridgehead atoms. The summed E-state index contributed by atoms with van der Waals surface area (Å²) < 4.78 is 17.6. The van der Waals surface area contributed by atoms with E-state index in [4.69, 9.17) is 14.2 Å². The maximum absolute atomic E-state index is 13.2. The highest BCUT2D eigenvalue weighted by atomic mass is 79.9. The van der Waals surface area contributed by atoms with E-state index in [0.717, 1.165) is 16.4 Å². The lowest BCUT2D eigenvalue weighted by Crippen LogP contribution is -2.51. The van der Waals surface area contributed by atoms with Gasteiger partial charge in [-0.15, -0.1) is 0 Å². The molecule has 12 nitrogen and oxygen atoms in total. The summed E-state index contributed by atoms with van der Waals surface area (Å²) in [6.07, 6.45) is -2.24. The van der Waals surface area contributed by atoms with Crippen LogP contribution in [-0.4, -0.2) is 63.1 Å². The summed E-state index contributed by atoms with van der Waals surface area (Å²) in [6.45, 7) is 1.91. The number of aromatic amines is 1. The lowest BCUT2D eigenvalue weighted by molar-refractivity contribution is -0.169. The lowest BCUT2D eigenvalue weighted by atomic mass is 10.0. The maximum Gasteiger partial charge on any atom is 0.330 e. The zero-order valence-corrected chi connectivity index (χ0v) is 20.1. The van der Waals surface area contributed by atoms with Gasteiger partial charge in [0, 0.05) is 26.5 Å². The summed E-state index contributed by atoms with van der Waals surface area (Å²) in [7, 11) is 0. The number of ether oxygens (including phenoxy) is 3. The number of nitrogens with one attached hydrogen (secondary N) is 1.